The van der Waals surface area contributed by atoms with Crippen LogP contribution in [0.2, 0.25) is 0 Å². The van der Waals surface area contributed by atoms with E-state index in [0.717, 1.165) is 21.3 Å². The molecular weight excluding hydrogens is 250 g/mol. The average Bonchev–Trinajstić information content (AvgIpc) is 2.67. The van der Waals surface area contributed by atoms with Crippen LogP contribution in [0.15, 0.2) is 5.16 Å². The van der Waals surface area contributed by atoms with E-state index in [4.69, 9.17) is 5.21 Å². The van der Waals surface area contributed by atoms with E-state index in [1.54, 1.807) is 0 Å². The van der Waals surface area contributed by atoms with E-state index in [-0.39, 0.29) is 11.8 Å². The van der Waals surface area contributed by atoms with E-state index in [2.05, 4.69) is 10.1 Å². The zero-order valence-electron chi connectivity index (χ0n) is 10.8. The molecule has 1 fully saturated rings. The summed E-state index contributed by atoms with van der Waals surface area (Å²) in [6.07, 6.45) is 0.639. The summed E-state index contributed by atoms with van der Waals surface area (Å²) in [4.78, 5) is 19.2. The second kappa shape index (κ2) is 5.06. The van der Waals surface area contributed by atoms with Crippen molar-refractivity contribution in [2.24, 2.45) is 11.1 Å². The van der Waals surface area contributed by atoms with Gasteiger partial charge >= 0.3 is 0 Å². The standard InChI is InChI=1S/C12H17N3O2S/c1-7-6-15(5-4-10(7)14-17)12(16)11-8(2)13-9(3)18-11/h7,17H,4-6H2,1-3H3. The van der Waals surface area contributed by atoms with E-state index in [1.165, 1.54) is 11.3 Å². The first-order valence-corrected chi connectivity index (χ1v) is 6.78. The average molecular weight is 267 g/mol. The van der Waals surface area contributed by atoms with Crippen LogP contribution in [0.1, 0.15) is 33.7 Å². The number of aryl methyl sites for hydroxylation is 2. The maximum absolute atomic E-state index is 12.4. The lowest BCUT2D eigenvalue weighted by Crippen LogP contribution is -2.43. The smallest absolute Gasteiger partial charge is 0.265 e. The zero-order chi connectivity index (χ0) is 13.3. The van der Waals surface area contributed by atoms with Crippen LogP contribution in [0.4, 0.5) is 0 Å². The number of hydrogen-bond acceptors (Lipinski definition) is 5. The Labute approximate surface area is 110 Å². The van der Waals surface area contributed by atoms with E-state index in [9.17, 15) is 4.79 Å². The van der Waals surface area contributed by atoms with Crippen molar-refractivity contribution in [3.8, 4) is 0 Å². The van der Waals surface area contributed by atoms with Crippen molar-refractivity contribution in [3.63, 3.8) is 0 Å². The quantitative estimate of drug-likeness (QED) is 0.625. The molecule has 1 aromatic rings. The number of likely N-dealkylation sites (tertiary alicyclic amines) is 1. The summed E-state index contributed by atoms with van der Waals surface area (Å²) in [6, 6.07) is 0. The van der Waals surface area contributed by atoms with Crippen molar-refractivity contribution in [1.29, 1.82) is 0 Å². The van der Waals surface area contributed by atoms with E-state index < -0.39 is 0 Å². The first-order valence-electron chi connectivity index (χ1n) is 5.97. The monoisotopic (exact) mass is 267 g/mol. The second-order valence-corrected chi connectivity index (χ2v) is 5.84. The largest absolute Gasteiger partial charge is 0.411 e. The van der Waals surface area contributed by atoms with Crippen LogP contribution in [0, 0.1) is 19.8 Å². The van der Waals surface area contributed by atoms with E-state index >= 15 is 0 Å². The minimum absolute atomic E-state index is 0.0435. The Morgan fingerprint density at radius 2 is 2.28 bits per heavy atom. The lowest BCUT2D eigenvalue weighted by atomic mass is 9.97. The van der Waals surface area contributed by atoms with Gasteiger partial charge < -0.3 is 10.1 Å². The van der Waals surface area contributed by atoms with Crippen molar-refractivity contribution < 1.29 is 10.0 Å². The SMILES string of the molecule is Cc1nc(C)c(C(=O)N2CCC(=NO)C(C)C2)s1. The van der Waals surface area contributed by atoms with Crippen molar-refractivity contribution in [3.05, 3.63) is 15.6 Å². The third-order valence-electron chi connectivity index (χ3n) is 3.21. The molecule has 1 saturated heterocycles. The Kier molecular flexibility index (Phi) is 3.65. The Hall–Kier alpha value is -1.43. The lowest BCUT2D eigenvalue weighted by molar-refractivity contribution is 0.0738. The maximum Gasteiger partial charge on any atom is 0.265 e. The summed E-state index contributed by atoms with van der Waals surface area (Å²) in [7, 11) is 0. The summed E-state index contributed by atoms with van der Waals surface area (Å²) in [5.41, 5.74) is 1.58. The van der Waals surface area contributed by atoms with Crippen LogP contribution >= 0.6 is 11.3 Å². The van der Waals surface area contributed by atoms with Gasteiger partial charge in [-0.1, -0.05) is 12.1 Å². The fourth-order valence-corrected chi connectivity index (χ4v) is 3.12. The Morgan fingerprint density at radius 1 is 1.56 bits per heavy atom. The maximum atomic E-state index is 12.4. The van der Waals surface area contributed by atoms with Gasteiger partial charge in [0.25, 0.3) is 5.91 Å². The summed E-state index contributed by atoms with van der Waals surface area (Å²) >= 11 is 1.44. The normalized spacial score (nSPS) is 22.5. The van der Waals surface area contributed by atoms with Crippen LogP contribution in [-0.4, -0.2) is 39.8 Å². The number of hydrogen-bond donors (Lipinski definition) is 1. The highest BCUT2D eigenvalue weighted by Gasteiger charge is 2.28. The molecule has 1 atom stereocenters. The highest BCUT2D eigenvalue weighted by molar-refractivity contribution is 7.13. The number of oxime groups is 1. The van der Waals surface area contributed by atoms with Gasteiger partial charge in [-0.05, 0) is 13.8 Å². The van der Waals surface area contributed by atoms with Gasteiger partial charge in [0.05, 0.1) is 16.4 Å². The molecule has 0 bridgehead atoms. The van der Waals surface area contributed by atoms with Gasteiger partial charge in [-0.3, -0.25) is 4.79 Å². The van der Waals surface area contributed by atoms with E-state index in [0.29, 0.717) is 19.5 Å². The minimum atomic E-state index is 0.0435. The van der Waals surface area contributed by atoms with Gasteiger partial charge in [0.1, 0.15) is 4.88 Å². The van der Waals surface area contributed by atoms with Gasteiger partial charge in [-0.15, -0.1) is 11.3 Å². The molecule has 0 aliphatic carbocycles. The molecule has 98 valence electrons. The molecular formula is C12H17N3O2S. The Bertz CT molecular complexity index is 496. The number of nitrogens with zero attached hydrogens (tertiary/aromatic N) is 3. The topological polar surface area (TPSA) is 65.8 Å². The molecule has 2 rings (SSSR count). The van der Waals surface area contributed by atoms with Crippen LogP contribution in [-0.2, 0) is 0 Å². The van der Waals surface area contributed by atoms with Crippen LogP contribution < -0.4 is 0 Å². The van der Waals surface area contributed by atoms with Gasteiger partial charge in [-0.2, -0.15) is 0 Å². The van der Waals surface area contributed by atoms with Crippen molar-refractivity contribution >= 4 is 23.0 Å². The summed E-state index contributed by atoms with van der Waals surface area (Å²) in [5, 5.41) is 13.0. The third kappa shape index (κ3) is 2.38. The lowest BCUT2D eigenvalue weighted by Gasteiger charge is -2.31. The second-order valence-electron chi connectivity index (χ2n) is 4.64. The van der Waals surface area contributed by atoms with Gasteiger partial charge in [0.2, 0.25) is 0 Å². The molecule has 6 heteroatoms. The number of carbonyl (C=O) groups is 1. The molecule has 1 aliphatic rings. The van der Waals surface area contributed by atoms with Crippen molar-refractivity contribution in [1.82, 2.24) is 9.88 Å². The van der Waals surface area contributed by atoms with Gasteiger partial charge in [-0.25, -0.2) is 4.98 Å². The molecule has 2 heterocycles. The van der Waals surface area contributed by atoms with Crippen molar-refractivity contribution in [2.45, 2.75) is 27.2 Å². The third-order valence-corrected chi connectivity index (χ3v) is 4.28. The number of rotatable bonds is 1. The fraction of sp³-hybridized carbons (Fsp3) is 0.583. The molecule has 0 saturated carbocycles. The first kappa shape index (κ1) is 13.0. The molecule has 1 N–H and O–H groups in total. The predicted octanol–water partition coefficient (Wildman–Crippen LogP) is 2.07. The van der Waals surface area contributed by atoms with Gasteiger partial charge in [0.15, 0.2) is 0 Å². The summed E-state index contributed by atoms with van der Waals surface area (Å²) < 4.78 is 0. The summed E-state index contributed by atoms with van der Waals surface area (Å²) in [6.45, 7) is 6.96. The molecule has 5 nitrogen and oxygen atoms in total. The Balaban J connectivity index is 2.14. The van der Waals surface area contributed by atoms with Crippen LogP contribution in [0.5, 0.6) is 0 Å². The number of amides is 1. The molecule has 1 amide bonds. The molecule has 18 heavy (non-hydrogen) atoms. The van der Waals surface area contributed by atoms with Crippen LogP contribution in [0.3, 0.4) is 0 Å². The molecule has 1 aromatic heterocycles. The van der Waals surface area contributed by atoms with Crippen molar-refractivity contribution in [2.75, 3.05) is 13.1 Å². The number of aromatic nitrogens is 1. The molecule has 0 spiro atoms. The fourth-order valence-electron chi connectivity index (χ4n) is 2.23. The minimum Gasteiger partial charge on any atom is -0.411 e. The molecule has 0 aromatic carbocycles. The number of thiazole rings is 1. The highest BCUT2D eigenvalue weighted by atomic mass is 32.1. The van der Waals surface area contributed by atoms with E-state index in [1.807, 2.05) is 25.7 Å². The zero-order valence-corrected chi connectivity index (χ0v) is 11.6. The highest BCUT2D eigenvalue weighted by Crippen LogP contribution is 2.22. The van der Waals surface area contributed by atoms with Gasteiger partial charge in [0, 0.05) is 25.4 Å². The summed E-state index contributed by atoms with van der Waals surface area (Å²) in [5.74, 6) is 0.156. The number of carbonyl (C=O) groups excluding carboxylic acids is 1. The first-order chi connectivity index (χ1) is 8.52. The number of piperidine rings is 1. The predicted molar refractivity (Wildman–Crippen MR) is 70.5 cm³/mol. The Morgan fingerprint density at radius 3 is 2.78 bits per heavy atom. The van der Waals surface area contributed by atoms with Crippen LogP contribution in [0.25, 0.3) is 0 Å². The molecule has 1 unspecified atom stereocenters. The molecule has 0 radical (unpaired) electrons. The molecule has 1 aliphatic heterocycles.